The monoisotopic (exact) mass is 1030 g/mol. The number of aromatic nitrogens is 2. The van der Waals surface area contributed by atoms with E-state index in [-0.39, 0.29) is 0 Å². The molecule has 0 saturated carbocycles. The van der Waals surface area contributed by atoms with Gasteiger partial charge < -0.3 is 0 Å². The molecule has 0 atom stereocenters. The lowest BCUT2D eigenvalue weighted by atomic mass is 9.95. The van der Waals surface area contributed by atoms with Crippen molar-refractivity contribution < 1.29 is 0 Å². The topological polar surface area (TPSA) is 25.8 Å². The molecule has 6 heteroatoms. The summed E-state index contributed by atoms with van der Waals surface area (Å²) in [7, 11) is 0. The average Bonchev–Trinajstić information content (AvgIpc) is 4.21. The van der Waals surface area contributed by atoms with Gasteiger partial charge in [0, 0.05) is 40.4 Å². The molecule has 0 bridgehead atoms. The molecule has 0 spiro atoms. The van der Waals surface area contributed by atoms with Crippen molar-refractivity contribution >= 4 is 76.6 Å². The van der Waals surface area contributed by atoms with Crippen LogP contribution in [0.15, 0.2) is 48.5 Å². The van der Waals surface area contributed by atoms with Crippen molar-refractivity contribution in [2.45, 2.75) is 253 Å². The van der Waals surface area contributed by atoms with Crippen LogP contribution in [0.4, 0.5) is 0 Å². The molecular formula is C65H92N2S4. The zero-order chi connectivity index (χ0) is 49.6. The van der Waals surface area contributed by atoms with Crippen molar-refractivity contribution in [3.8, 4) is 30.6 Å². The fourth-order valence-corrected chi connectivity index (χ4v) is 15.5. The molecule has 5 heterocycles. The molecule has 71 heavy (non-hydrogen) atoms. The number of nitrogens with zero attached hydrogens (tertiary/aromatic N) is 2. The highest BCUT2D eigenvalue weighted by atomic mass is 32.1. The van der Waals surface area contributed by atoms with Gasteiger partial charge in [-0.15, -0.1) is 45.3 Å². The van der Waals surface area contributed by atoms with E-state index in [1.807, 2.05) is 45.3 Å². The molecule has 0 aliphatic heterocycles. The highest BCUT2D eigenvalue weighted by Gasteiger charge is 2.21. The van der Waals surface area contributed by atoms with Gasteiger partial charge in [0.05, 0.1) is 31.8 Å². The number of rotatable bonds is 36. The SMILES string of the molecule is CCCCCCCCCCCCCCCCCCCCc1c(C)c2cc(C)sc2c2sc(-c3ccc(-c4ccc(-c5ccc(C)s5)c5nc(CCCCCCCC)c(CCCCCCCC)nc45)s3)cc12. The van der Waals surface area contributed by atoms with Gasteiger partial charge in [-0.1, -0.05) is 206 Å². The van der Waals surface area contributed by atoms with Crippen molar-refractivity contribution in [2.24, 2.45) is 0 Å². The van der Waals surface area contributed by atoms with Crippen LogP contribution in [-0.2, 0) is 19.3 Å². The molecule has 5 aromatic heterocycles. The van der Waals surface area contributed by atoms with Crippen LogP contribution in [-0.4, -0.2) is 9.97 Å². The molecular weight excluding hydrogens is 937 g/mol. The second-order valence-corrected chi connectivity index (χ2v) is 26.1. The maximum Gasteiger partial charge on any atom is 0.0983 e. The van der Waals surface area contributed by atoms with Gasteiger partial charge in [0.1, 0.15) is 0 Å². The quantitative estimate of drug-likeness (QED) is 0.0366. The van der Waals surface area contributed by atoms with Gasteiger partial charge in [0.2, 0.25) is 0 Å². The summed E-state index contributed by atoms with van der Waals surface area (Å²) in [5, 5.41) is 2.99. The van der Waals surface area contributed by atoms with E-state index in [0.29, 0.717) is 0 Å². The Balaban J connectivity index is 1.05. The van der Waals surface area contributed by atoms with Gasteiger partial charge in [-0.3, -0.25) is 0 Å². The van der Waals surface area contributed by atoms with Gasteiger partial charge in [-0.05, 0) is 118 Å². The third-order valence-electron chi connectivity index (χ3n) is 15.4. The van der Waals surface area contributed by atoms with Gasteiger partial charge in [0.25, 0.3) is 0 Å². The Morgan fingerprint density at radius 2 is 0.746 bits per heavy atom. The minimum absolute atomic E-state index is 1.03. The summed E-state index contributed by atoms with van der Waals surface area (Å²) < 4.78 is 2.98. The van der Waals surface area contributed by atoms with Gasteiger partial charge in [-0.2, -0.15) is 0 Å². The first-order valence-electron chi connectivity index (χ1n) is 29.3. The Morgan fingerprint density at radius 3 is 1.21 bits per heavy atom. The summed E-state index contributed by atoms with van der Waals surface area (Å²) in [6.07, 6.45) is 44.3. The summed E-state index contributed by atoms with van der Waals surface area (Å²) in [5.41, 5.74) is 10.2. The van der Waals surface area contributed by atoms with E-state index in [4.69, 9.17) is 9.97 Å². The Hall–Kier alpha value is -2.90. The maximum absolute atomic E-state index is 5.72. The Morgan fingerprint density at radius 1 is 0.338 bits per heavy atom. The third-order valence-corrected chi connectivity index (χ3v) is 20.1. The molecule has 2 nitrogen and oxygen atoms in total. The van der Waals surface area contributed by atoms with Gasteiger partial charge >= 0.3 is 0 Å². The minimum Gasteiger partial charge on any atom is -0.249 e. The van der Waals surface area contributed by atoms with Crippen molar-refractivity contribution in [1.29, 1.82) is 0 Å². The fraction of sp³-hybridized carbons (Fsp3) is 0.600. The van der Waals surface area contributed by atoms with Crippen molar-refractivity contribution in [1.82, 2.24) is 9.97 Å². The summed E-state index contributed by atoms with van der Waals surface area (Å²) >= 11 is 7.84. The normalized spacial score (nSPS) is 12.0. The number of hydrogen-bond acceptors (Lipinski definition) is 6. The largest absolute Gasteiger partial charge is 0.249 e. The lowest BCUT2D eigenvalue weighted by Crippen LogP contribution is -2.05. The fourth-order valence-electron chi connectivity index (χ4n) is 11.1. The van der Waals surface area contributed by atoms with Crippen LogP contribution < -0.4 is 0 Å². The van der Waals surface area contributed by atoms with E-state index in [9.17, 15) is 0 Å². The Labute approximate surface area is 448 Å². The van der Waals surface area contributed by atoms with Crippen LogP contribution in [0.5, 0.6) is 0 Å². The number of thiophene rings is 4. The number of aryl methyl sites for hydroxylation is 6. The number of unbranched alkanes of at least 4 members (excludes halogenated alkanes) is 27. The maximum atomic E-state index is 5.72. The predicted octanol–water partition coefficient (Wildman–Crippen LogP) is 23.5. The van der Waals surface area contributed by atoms with Crippen LogP contribution in [0.2, 0.25) is 0 Å². The molecule has 0 aliphatic rings. The van der Waals surface area contributed by atoms with Crippen molar-refractivity contribution in [2.75, 3.05) is 0 Å². The van der Waals surface area contributed by atoms with Crippen LogP contribution in [0.3, 0.4) is 0 Å². The summed E-state index contributed by atoms with van der Waals surface area (Å²) in [6, 6.07) is 19.1. The second-order valence-electron chi connectivity index (χ2n) is 21.4. The lowest BCUT2D eigenvalue weighted by molar-refractivity contribution is 0.525. The number of fused-ring (bicyclic) bond motifs is 4. The summed E-state index contributed by atoms with van der Waals surface area (Å²) in [6.45, 7) is 13.9. The zero-order valence-corrected chi connectivity index (χ0v) is 48.7. The average molecular weight is 1030 g/mol. The Bertz CT molecular complexity index is 2630. The van der Waals surface area contributed by atoms with Crippen LogP contribution >= 0.6 is 45.3 Å². The first-order chi connectivity index (χ1) is 34.9. The molecule has 0 saturated heterocycles. The summed E-state index contributed by atoms with van der Waals surface area (Å²) in [4.78, 5) is 19.5. The molecule has 7 aromatic rings. The minimum atomic E-state index is 1.03. The first-order valence-corrected chi connectivity index (χ1v) is 32.6. The number of benzene rings is 2. The highest BCUT2D eigenvalue weighted by Crippen LogP contribution is 2.48. The molecule has 0 fully saturated rings. The lowest BCUT2D eigenvalue weighted by Gasteiger charge is -2.14. The second kappa shape index (κ2) is 30.5. The van der Waals surface area contributed by atoms with Crippen molar-refractivity contribution in [3.63, 3.8) is 0 Å². The van der Waals surface area contributed by atoms with E-state index in [2.05, 4.69) is 90.1 Å². The summed E-state index contributed by atoms with van der Waals surface area (Å²) in [5.74, 6) is 0. The van der Waals surface area contributed by atoms with E-state index in [1.165, 1.54) is 277 Å². The van der Waals surface area contributed by atoms with Gasteiger partial charge in [-0.25, -0.2) is 9.97 Å². The zero-order valence-electron chi connectivity index (χ0n) is 45.5. The molecule has 0 unspecified atom stereocenters. The van der Waals surface area contributed by atoms with Crippen LogP contribution in [0, 0.1) is 20.8 Å². The van der Waals surface area contributed by atoms with Crippen LogP contribution in [0.1, 0.15) is 246 Å². The number of hydrogen-bond donors (Lipinski definition) is 0. The van der Waals surface area contributed by atoms with E-state index in [0.717, 1.165) is 23.9 Å². The van der Waals surface area contributed by atoms with Crippen molar-refractivity contribution in [3.05, 3.63) is 80.8 Å². The smallest absolute Gasteiger partial charge is 0.0983 e. The van der Waals surface area contributed by atoms with Crippen LogP contribution in [0.25, 0.3) is 61.8 Å². The molecule has 2 aromatic carbocycles. The van der Waals surface area contributed by atoms with E-state index >= 15 is 0 Å². The van der Waals surface area contributed by atoms with E-state index < -0.39 is 0 Å². The molecule has 0 amide bonds. The standard InChI is InChI=1S/C65H92N2S4/c1-7-10-13-16-19-20-21-22-23-24-25-26-27-28-29-30-31-34-37-51-50(6)54-46-49(5)69-64(54)65-55(51)47-61(71-65)60-45-44-59(70-60)53-42-41-52(58-43-40-48(4)68-58)62-63(53)67-57(39-36-33-18-15-12-9-3)56(66-62)38-35-32-17-14-11-8-2/h40-47H,7-39H2,1-6H3. The predicted molar refractivity (Wildman–Crippen MR) is 323 cm³/mol. The molecule has 386 valence electrons. The highest BCUT2D eigenvalue weighted by molar-refractivity contribution is 7.31. The molecule has 0 N–H and O–H groups in total. The third kappa shape index (κ3) is 16.3. The van der Waals surface area contributed by atoms with E-state index in [1.54, 1.807) is 5.56 Å². The molecule has 7 rings (SSSR count). The molecule has 0 radical (unpaired) electrons. The Kier molecular flexibility index (Phi) is 24.0. The molecule has 0 aliphatic carbocycles. The van der Waals surface area contributed by atoms with Gasteiger partial charge in [0.15, 0.2) is 0 Å². The first kappa shape index (κ1) is 55.8.